The van der Waals surface area contributed by atoms with E-state index in [2.05, 4.69) is 14.9 Å². The first-order chi connectivity index (χ1) is 9.36. The molecule has 0 atom stereocenters. The maximum Gasteiger partial charge on any atom is 0.356 e. The first-order valence-electron chi connectivity index (χ1n) is 5.66. The summed E-state index contributed by atoms with van der Waals surface area (Å²) in [7, 11) is -2.51. The van der Waals surface area contributed by atoms with Crippen molar-refractivity contribution in [1.82, 2.24) is 19.6 Å². The topological polar surface area (TPSA) is 119 Å². The third-order valence-corrected chi connectivity index (χ3v) is 4.02. The van der Waals surface area contributed by atoms with Gasteiger partial charge in [-0.2, -0.15) is 18.6 Å². The Kier molecular flexibility index (Phi) is 3.49. The maximum absolute atomic E-state index is 12.2. The Morgan fingerprint density at radius 3 is 2.75 bits per heavy atom. The van der Waals surface area contributed by atoms with Crippen LogP contribution < -0.4 is 4.72 Å². The van der Waals surface area contributed by atoms with Crippen LogP contribution in [0, 0.1) is 0 Å². The molecule has 9 nitrogen and oxygen atoms in total. The van der Waals surface area contributed by atoms with Crippen LogP contribution in [0.2, 0.25) is 0 Å². The Morgan fingerprint density at radius 2 is 2.15 bits per heavy atom. The summed E-state index contributed by atoms with van der Waals surface area (Å²) in [5, 5.41) is 16.6. The van der Waals surface area contributed by atoms with Gasteiger partial charge in [-0.25, -0.2) is 4.79 Å². The average molecular weight is 299 g/mol. The van der Waals surface area contributed by atoms with E-state index in [-0.39, 0.29) is 16.4 Å². The number of sulfonamides is 1. The van der Waals surface area contributed by atoms with Gasteiger partial charge in [-0.05, 0) is 13.0 Å². The molecule has 0 aliphatic heterocycles. The lowest BCUT2D eigenvalue weighted by molar-refractivity contribution is 0.0686. The minimum Gasteiger partial charge on any atom is -0.476 e. The molecule has 2 heterocycles. The van der Waals surface area contributed by atoms with E-state index in [1.54, 1.807) is 6.92 Å². The van der Waals surface area contributed by atoms with Gasteiger partial charge < -0.3 is 5.11 Å². The monoisotopic (exact) mass is 299 g/mol. The number of aromatic nitrogens is 4. The molecule has 2 N–H and O–H groups in total. The Labute approximate surface area is 114 Å². The molecule has 0 spiro atoms. The molecule has 2 aromatic heterocycles. The van der Waals surface area contributed by atoms with Gasteiger partial charge in [0.1, 0.15) is 5.69 Å². The molecule has 0 saturated heterocycles. The van der Waals surface area contributed by atoms with Gasteiger partial charge in [-0.1, -0.05) is 0 Å². The molecular formula is C10H13N5O4S. The van der Waals surface area contributed by atoms with E-state index < -0.39 is 16.0 Å². The molecule has 0 bridgehead atoms. The van der Waals surface area contributed by atoms with E-state index in [1.807, 2.05) is 0 Å². The van der Waals surface area contributed by atoms with E-state index in [9.17, 15) is 13.2 Å². The zero-order chi connectivity index (χ0) is 14.9. The van der Waals surface area contributed by atoms with Gasteiger partial charge in [-0.3, -0.25) is 14.1 Å². The molecule has 0 radical (unpaired) electrons. The number of carbonyl (C=O) groups is 1. The van der Waals surface area contributed by atoms with Crippen LogP contribution in [0.1, 0.15) is 17.4 Å². The van der Waals surface area contributed by atoms with Crippen LogP contribution in [0.5, 0.6) is 0 Å². The van der Waals surface area contributed by atoms with Crippen molar-refractivity contribution in [2.75, 3.05) is 4.72 Å². The lowest BCUT2D eigenvalue weighted by Crippen LogP contribution is -2.19. The third-order valence-electron chi connectivity index (χ3n) is 2.64. The van der Waals surface area contributed by atoms with Gasteiger partial charge in [-0.15, -0.1) is 0 Å². The Balaban J connectivity index is 2.42. The number of nitrogens with zero attached hydrogens (tertiary/aromatic N) is 4. The van der Waals surface area contributed by atoms with Crippen LogP contribution in [0.4, 0.5) is 5.69 Å². The normalized spacial score (nSPS) is 11.5. The number of anilines is 1. The molecule has 0 aliphatic carbocycles. The lowest BCUT2D eigenvalue weighted by atomic mass is 10.4. The first-order valence-corrected chi connectivity index (χ1v) is 7.15. The van der Waals surface area contributed by atoms with Crippen LogP contribution in [0.3, 0.4) is 0 Å². The number of aryl methyl sites for hydroxylation is 2. The summed E-state index contributed by atoms with van der Waals surface area (Å²) in [4.78, 5) is 11.1. The Bertz CT molecular complexity index is 746. The molecule has 0 aliphatic rings. The number of aromatic carboxylic acids is 1. The second kappa shape index (κ2) is 4.96. The number of carboxylic acids is 1. The summed E-state index contributed by atoms with van der Waals surface area (Å²) in [6.45, 7) is 2.13. The highest BCUT2D eigenvalue weighted by Gasteiger charge is 2.24. The molecule has 0 fully saturated rings. The molecule has 0 unspecified atom stereocenters. The minimum atomic E-state index is -3.92. The first kappa shape index (κ1) is 14.1. The van der Waals surface area contributed by atoms with Crippen LogP contribution in [-0.4, -0.2) is 39.1 Å². The molecule has 10 heteroatoms. The number of nitrogens with one attached hydrogen (secondary N) is 1. The lowest BCUT2D eigenvalue weighted by Gasteiger charge is -2.08. The summed E-state index contributed by atoms with van der Waals surface area (Å²) < 4.78 is 29.0. The van der Waals surface area contributed by atoms with E-state index in [4.69, 9.17) is 5.11 Å². The smallest absolute Gasteiger partial charge is 0.356 e. The second-order valence-corrected chi connectivity index (χ2v) is 5.56. The van der Waals surface area contributed by atoms with Gasteiger partial charge in [0, 0.05) is 13.6 Å². The molecule has 2 aromatic rings. The van der Waals surface area contributed by atoms with E-state index >= 15 is 0 Å². The Morgan fingerprint density at radius 1 is 1.45 bits per heavy atom. The zero-order valence-corrected chi connectivity index (χ0v) is 11.6. The summed E-state index contributed by atoms with van der Waals surface area (Å²) in [5.41, 5.74) is -0.333. The van der Waals surface area contributed by atoms with Crippen molar-refractivity contribution in [2.45, 2.75) is 18.5 Å². The highest BCUT2D eigenvalue weighted by atomic mass is 32.2. The van der Waals surface area contributed by atoms with Crippen LogP contribution >= 0.6 is 0 Å². The molecule has 108 valence electrons. The predicted molar refractivity (Wildman–Crippen MR) is 68.9 cm³/mol. The fourth-order valence-corrected chi connectivity index (χ4v) is 2.99. The SMILES string of the molecule is CCn1nccc1S(=O)(=O)Nc1cnn(C)c1C(=O)O. The highest BCUT2D eigenvalue weighted by molar-refractivity contribution is 7.92. The van der Waals surface area contributed by atoms with Crippen molar-refractivity contribution in [3.05, 3.63) is 24.2 Å². The van der Waals surface area contributed by atoms with E-state index in [1.165, 1.54) is 24.0 Å². The van der Waals surface area contributed by atoms with Gasteiger partial charge >= 0.3 is 5.97 Å². The minimum absolute atomic E-state index is 0.0415. The summed E-state index contributed by atoms with van der Waals surface area (Å²) in [6.07, 6.45) is 2.51. The molecule has 20 heavy (non-hydrogen) atoms. The number of rotatable bonds is 5. The third kappa shape index (κ3) is 2.37. The largest absolute Gasteiger partial charge is 0.476 e. The summed E-state index contributed by atoms with van der Waals surface area (Å²) in [5.74, 6) is -1.27. The molecule has 0 saturated carbocycles. The van der Waals surface area contributed by atoms with Crippen LogP contribution in [0.25, 0.3) is 0 Å². The fourth-order valence-electron chi connectivity index (χ4n) is 1.75. The number of carboxylic acid groups (broad SMARTS) is 1. The van der Waals surface area contributed by atoms with Crippen LogP contribution in [0.15, 0.2) is 23.5 Å². The Hall–Kier alpha value is -2.36. The van der Waals surface area contributed by atoms with Crippen molar-refractivity contribution in [3.63, 3.8) is 0 Å². The molecule has 0 amide bonds. The quantitative estimate of drug-likeness (QED) is 0.810. The van der Waals surface area contributed by atoms with Gasteiger partial charge in [0.15, 0.2) is 10.7 Å². The highest BCUT2D eigenvalue weighted by Crippen LogP contribution is 2.19. The fraction of sp³-hybridized carbons (Fsp3) is 0.300. The summed E-state index contributed by atoms with van der Waals surface area (Å²) in [6, 6.07) is 1.34. The van der Waals surface area contributed by atoms with E-state index in [0.717, 1.165) is 10.9 Å². The maximum atomic E-state index is 12.2. The van der Waals surface area contributed by atoms with Gasteiger partial charge in [0.25, 0.3) is 10.0 Å². The van der Waals surface area contributed by atoms with E-state index in [0.29, 0.717) is 6.54 Å². The second-order valence-electron chi connectivity index (χ2n) is 3.93. The van der Waals surface area contributed by atoms with Crippen LogP contribution in [-0.2, 0) is 23.6 Å². The average Bonchev–Trinajstić information content (AvgIpc) is 2.95. The predicted octanol–water partition coefficient (Wildman–Crippen LogP) is 0.136. The van der Waals surface area contributed by atoms with Crippen molar-refractivity contribution >= 4 is 21.7 Å². The summed E-state index contributed by atoms with van der Waals surface area (Å²) >= 11 is 0. The number of hydrogen-bond donors (Lipinski definition) is 2. The van der Waals surface area contributed by atoms with Crippen molar-refractivity contribution in [3.8, 4) is 0 Å². The standard InChI is InChI=1S/C10H13N5O4S/c1-3-15-8(4-5-11-15)20(18,19)13-7-6-12-14(2)9(7)10(16)17/h4-6,13H,3H2,1-2H3,(H,16,17). The van der Waals surface area contributed by atoms with Crippen molar-refractivity contribution in [1.29, 1.82) is 0 Å². The molecule has 2 rings (SSSR count). The zero-order valence-electron chi connectivity index (χ0n) is 10.8. The van der Waals surface area contributed by atoms with Gasteiger partial charge in [0.05, 0.1) is 12.4 Å². The molecule has 0 aromatic carbocycles. The van der Waals surface area contributed by atoms with Crippen molar-refractivity contribution in [2.24, 2.45) is 7.05 Å². The molecular weight excluding hydrogens is 286 g/mol. The van der Waals surface area contributed by atoms with Crippen molar-refractivity contribution < 1.29 is 18.3 Å². The number of hydrogen-bond acceptors (Lipinski definition) is 5. The van der Waals surface area contributed by atoms with Gasteiger partial charge in [0.2, 0.25) is 0 Å².